The van der Waals surface area contributed by atoms with Gasteiger partial charge in [0.05, 0.1) is 11.4 Å². The Morgan fingerprint density at radius 3 is 2.94 bits per heavy atom. The van der Waals surface area contributed by atoms with Gasteiger partial charge in [0.2, 0.25) is 5.91 Å². The monoisotopic (exact) mass is 236 g/mol. The summed E-state index contributed by atoms with van der Waals surface area (Å²) in [5.41, 5.74) is 7.11. The fourth-order valence-electron chi connectivity index (χ4n) is 1.88. The van der Waals surface area contributed by atoms with Gasteiger partial charge in [-0.25, -0.2) is 0 Å². The van der Waals surface area contributed by atoms with Crippen LogP contribution in [0.4, 0.5) is 11.4 Å². The number of nitrogens with two attached hydrogens (primary N) is 1. The third-order valence-electron chi connectivity index (χ3n) is 2.77. The number of benzene rings is 1. The van der Waals surface area contributed by atoms with E-state index < -0.39 is 0 Å². The number of nitrogen functional groups attached to an aromatic ring is 1. The van der Waals surface area contributed by atoms with E-state index in [1.807, 2.05) is 0 Å². The van der Waals surface area contributed by atoms with Crippen molar-refractivity contribution in [3.63, 3.8) is 0 Å². The van der Waals surface area contributed by atoms with Gasteiger partial charge in [-0.15, -0.1) is 6.58 Å². The highest BCUT2D eigenvalue weighted by Gasteiger charge is 2.29. The molecule has 4 heteroatoms. The van der Waals surface area contributed by atoms with Gasteiger partial charge in [0.15, 0.2) is 0 Å². The second-order valence-corrected chi connectivity index (χ2v) is 4.34. The zero-order valence-electron chi connectivity index (χ0n) is 8.82. The molecule has 0 aliphatic carbocycles. The van der Waals surface area contributed by atoms with Gasteiger partial charge in [-0.05, 0) is 18.2 Å². The maximum atomic E-state index is 11.8. The topological polar surface area (TPSA) is 46.3 Å². The third kappa shape index (κ3) is 1.91. The first-order valence-corrected chi connectivity index (χ1v) is 5.47. The first-order chi connectivity index (χ1) is 7.61. The second-order valence-electron chi connectivity index (χ2n) is 3.91. The van der Waals surface area contributed by atoms with Crippen LogP contribution in [0.5, 0.6) is 0 Å². The number of halogens is 1. The summed E-state index contributed by atoms with van der Waals surface area (Å²) in [7, 11) is 0. The van der Waals surface area contributed by atoms with Gasteiger partial charge in [-0.2, -0.15) is 0 Å². The minimum Gasteiger partial charge on any atom is -0.397 e. The lowest BCUT2D eigenvalue weighted by atomic mass is 10.1. The van der Waals surface area contributed by atoms with E-state index in [-0.39, 0.29) is 11.8 Å². The van der Waals surface area contributed by atoms with E-state index in [1.165, 1.54) is 0 Å². The number of nitrogens with zero attached hydrogens (tertiary/aromatic N) is 1. The van der Waals surface area contributed by atoms with Crippen molar-refractivity contribution in [3.05, 3.63) is 35.9 Å². The van der Waals surface area contributed by atoms with E-state index in [9.17, 15) is 4.79 Å². The fourth-order valence-corrected chi connectivity index (χ4v) is 2.04. The number of carbonyl (C=O) groups excluding carboxylic acids is 1. The molecule has 1 heterocycles. The first kappa shape index (κ1) is 11.0. The minimum absolute atomic E-state index is 0.0684. The van der Waals surface area contributed by atoms with Crippen molar-refractivity contribution in [2.24, 2.45) is 5.92 Å². The number of hydrogen-bond donors (Lipinski definition) is 1. The van der Waals surface area contributed by atoms with Crippen LogP contribution in [-0.2, 0) is 4.79 Å². The summed E-state index contributed by atoms with van der Waals surface area (Å²) >= 11 is 5.90. The highest BCUT2D eigenvalue weighted by Crippen LogP contribution is 2.32. The normalized spacial score (nSPS) is 20.2. The van der Waals surface area contributed by atoms with E-state index in [4.69, 9.17) is 17.3 Å². The minimum atomic E-state index is 0.0684. The molecule has 1 aliphatic heterocycles. The molecule has 16 heavy (non-hydrogen) atoms. The van der Waals surface area contributed by atoms with Crippen molar-refractivity contribution < 1.29 is 4.79 Å². The van der Waals surface area contributed by atoms with E-state index >= 15 is 0 Å². The maximum absolute atomic E-state index is 11.8. The molecule has 1 atom stereocenters. The largest absolute Gasteiger partial charge is 0.397 e. The van der Waals surface area contributed by atoms with E-state index in [2.05, 4.69) is 6.58 Å². The van der Waals surface area contributed by atoms with Crippen molar-refractivity contribution in [3.8, 4) is 0 Å². The van der Waals surface area contributed by atoms with E-state index in [1.54, 1.807) is 29.2 Å². The van der Waals surface area contributed by atoms with Crippen LogP contribution in [0.3, 0.4) is 0 Å². The van der Waals surface area contributed by atoms with Crippen LogP contribution in [0.25, 0.3) is 0 Å². The molecule has 1 fully saturated rings. The standard InChI is InChI=1S/C12H13ClN2O/c1-2-8-5-12(16)15(7-8)11-6-9(13)3-4-10(11)14/h2-4,6,8H,1,5,7,14H2. The Bertz CT molecular complexity index is 445. The van der Waals surface area contributed by atoms with Crippen molar-refractivity contribution in [1.82, 2.24) is 0 Å². The van der Waals surface area contributed by atoms with Gasteiger partial charge >= 0.3 is 0 Å². The van der Waals surface area contributed by atoms with Gasteiger partial charge in [-0.1, -0.05) is 17.7 Å². The molecule has 3 nitrogen and oxygen atoms in total. The van der Waals surface area contributed by atoms with Crippen LogP contribution < -0.4 is 10.6 Å². The van der Waals surface area contributed by atoms with Gasteiger partial charge < -0.3 is 10.6 Å². The van der Waals surface area contributed by atoms with Crippen LogP contribution in [0, 0.1) is 5.92 Å². The highest BCUT2D eigenvalue weighted by molar-refractivity contribution is 6.31. The Morgan fingerprint density at radius 1 is 1.56 bits per heavy atom. The fraction of sp³-hybridized carbons (Fsp3) is 0.250. The second kappa shape index (κ2) is 4.18. The van der Waals surface area contributed by atoms with Gasteiger partial charge in [-0.3, -0.25) is 4.79 Å². The average molecular weight is 237 g/mol. The molecule has 1 saturated heterocycles. The molecule has 2 rings (SSSR count). The number of amides is 1. The molecule has 2 N–H and O–H groups in total. The van der Waals surface area contributed by atoms with Gasteiger partial charge in [0.1, 0.15) is 0 Å². The molecule has 0 saturated carbocycles. The molecule has 1 aromatic rings. The lowest BCUT2D eigenvalue weighted by Crippen LogP contribution is -2.25. The summed E-state index contributed by atoms with van der Waals surface area (Å²) in [5, 5.41) is 0.582. The smallest absolute Gasteiger partial charge is 0.227 e. The van der Waals surface area contributed by atoms with Crippen LogP contribution in [0.15, 0.2) is 30.9 Å². The zero-order valence-corrected chi connectivity index (χ0v) is 9.57. The van der Waals surface area contributed by atoms with Crippen molar-refractivity contribution >= 4 is 28.9 Å². The third-order valence-corrected chi connectivity index (χ3v) is 3.01. The highest BCUT2D eigenvalue weighted by atomic mass is 35.5. The number of anilines is 2. The molecular formula is C12H13ClN2O. The molecule has 84 valence electrons. The van der Waals surface area contributed by atoms with Crippen molar-refractivity contribution in [1.29, 1.82) is 0 Å². The van der Waals surface area contributed by atoms with Crippen LogP contribution in [-0.4, -0.2) is 12.5 Å². The summed E-state index contributed by atoms with van der Waals surface area (Å²) < 4.78 is 0. The Morgan fingerprint density at radius 2 is 2.31 bits per heavy atom. The lowest BCUT2D eigenvalue weighted by molar-refractivity contribution is -0.117. The summed E-state index contributed by atoms with van der Waals surface area (Å²) in [4.78, 5) is 13.5. The van der Waals surface area contributed by atoms with E-state index in [0.717, 1.165) is 0 Å². The molecule has 1 aliphatic rings. The first-order valence-electron chi connectivity index (χ1n) is 5.09. The average Bonchev–Trinajstić information content (AvgIpc) is 2.63. The zero-order chi connectivity index (χ0) is 11.7. The van der Waals surface area contributed by atoms with Crippen molar-refractivity contribution in [2.75, 3.05) is 17.2 Å². The lowest BCUT2D eigenvalue weighted by Gasteiger charge is -2.18. The number of carbonyl (C=O) groups is 1. The van der Waals surface area contributed by atoms with Crippen LogP contribution in [0.2, 0.25) is 5.02 Å². The van der Waals surface area contributed by atoms with Crippen LogP contribution >= 0.6 is 11.6 Å². The molecule has 0 radical (unpaired) electrons. The van der Waals surface area contributed by atoms with E-state index in [0.29, 0.717) is 29.4 Å². The Balaban J connectivity index is 2.34. The molecule has 1 aromatic carbocycles. The summed E-state index contributed by atoms with van der Waals surface area (Å²) in [6.45, 7) is 4.34. The molecular weight excluding hydrogens is 224 g/mol. The SMILES string of the molecule is C=CC1CC(=O)N(c2cc(Cl)ccc2N)C1. The Hall–Kier alpha value is -1.48. The molecule has 0 bridgehead atoms. The summed E-state index contributed by atoms with van der Waals surface area (Å²) in [5.74, 6) is 0.268. The quantitative estimate of drug-likeness (QED) is 0.633. The van der Waals surface area contributed by atoms with Gasteiger partial charge in [0.25, 0.3) is 0 Å². The molecule has 0 spiro atoms. The molecule has 1 unspecified atom stereocenters. The summed E-state index contributed by atoms with van der Waals surface area (Å²) in [6, 6.07) is 5.15. The molecule has 1 amide bonds. The van der Waals surface area contributed by atoms with Crippen molar-refractivity contribution in [2.45, 2.75) is 6.42 Å². The van der Waals surface area contributed by atoms with Gasteiger partial charge in [0, 0.05) is 23.9 Å². The van der Waals surface area contributed by atoms with Crippen LogP contribution in [0.1, 0.15) is 6.42 Å². The Labute approximate surface area is 99.5 Å². The summed E-state index contributed by atoms with van der Waals surface area (Å²) in [6.07, 6.45) is 2.30. The number of rotatable bonds is 2. The predicted octanol–water partition coefficient (Wildman–Crippen LogP) is 2.46. The predicted molar refractivity (Wildman–Crippen MR) is 66.5 cm³/mol. The number of hydrogen-bond acceptors (Lipinski definition) is 2. The maximum Gasteiger partial charge on any atom is 0.227 e. The molecule has 0 aromatic heterocycles. The Kier molecular flexibility index (Phi) is 2.88.